The number of hydrogen-bond acceptors (Lipinski definition) is 9. The van der Waals surface area contributed by atoms with Crippen molar-refractivity contribution in [2.24, 2.45) is 0 Å². The standard InChI is InChI=1S/H2O9/c1-3-5-7-9-8-6-4-2/h1-2H. The lowest BCUT2D eigenvalue weighted by Gasteiger charge is -1.92. The molecule has 0 fully saturated rings. The fourth-order valence-corrected chi connectivity index (χ4v) is 0.0589. The predicted molar refractivity (Wildman–Crippen MR) is 12.9 cm³/mol. The molecule has 0 unspecified atom stereocenters. The first-order valence-electron chi connectivity index (χ1n) is 1.37. The van der Waals surface area contributed by atoms with E-state index >= 15 is 0 Å². The third kappa shape index (κ3) is 7.64. The fourth-order valence-electron chi connectivity index (χ4n) is 0.0589. The van der Waals surface area contributed by atoms with Gasteiger partial charge < -0.3 is 0 Å². The Hall–Kier alpha value is -0.360. The van der Waals surface area contributed by atoms with Crippen LogP contribution in [0.3, 0.4) is 0 Å². The van der Waals surface area contributed by atoms with Crippen molar-refractivity contribution in [1.82, 2.24) is 0 Å². The van der Waals surface area contributed by atoms with Crippen LogP contribution in [0, 0.1) is 0 Å². The highest BCUT2D eigenvalue weighted by molar-refractivity contribution is 2.98. The minimum absolute atomic E-state index is 2.84. The van der Waals surface area contributed by atoms with Crippen LogP contribution in [0.1, 0.15) is 0 Å². The van der Waals surface area contributed by atoms with Crippen molar-refractivity contribution in [3.63, 3.8) is 0 Å². The van der Waals surface area contributed by atoms with Crippen molar-refractivity contribution >= 4 is 0 Å². The van der Waals surface area contributed by atoms with E-state index in [1.165, 1.54) is 0 Å². The van der Waals surface area contributed by atoms with E-state index in [1.807, 2.05) is 0 Å². The van der Waals surface area contributed by atoms with Crippen LogP contribution in [0.4, 0.5) is 0 Å². The second-order valence-corrected chi connectivity index (χ2v) is 0.489. The molecule has 2 N–H and O–H groups in total. The summed E-state index contributed by atoms with van der Waals surface area (Å²) in [5, 5.41) is 36.5. The molecule has 0 heterocycles. The normalized spacial score (nSPS) is 10.0. The molecule has 0 aliphatic carbocycles. The van der Waals surface area contributed by atoms with Crippen molar-refractivity contribution in [3.8, 4) is 0 Å². The van der Waals surface area contributed by atoms with Gasteiger partial charge in [0.05, 0.1) is 0 Å². The van der Waals surface area contributed by atoms with Gasteiger partial charge in [0, 0.05) is 0 Å². The second kappa shape index (κ2) is 7.64. The smallest absolute Gasteiger partial charge is 0.00000272 e. The van der Waals surface area contributed by atoms with Crippen LogP contribution in [0.5, 0.6) is 0 Å². The van der Waals surface area contributed by atoms with Gasteiger partial charge in [0.15, 0.2) is 0 Å². The molecule has 0 rings (SSSR count). The van der Waals surface area contributed by atoms with Crippen molar-refractivity contribution < 1.29 is 45.8 Å². The maximum Gasteiger partial charge on any atom is -0.00000272 e. The maximum absolute atomic E-state index is 7.32. The highest BCUT2D eigenvalue weighted by atomic mass is 17.9. The van der Waals surface area contributed by atoms with Crippen LogP contribution >= 0.6 is 0 Å². The van der Waals surface area contributed by atoms with Crippen LogP contribution in [-0.4, -0.2) is 10.5 Å². The average Bonchev–Trinajstić information content (AvgIpc) is 1.89. The molecule has 0 saturated heterocycles. The summed E-state index contributed by atoms with van der Waals surface area (Å²) in [6, 6.07) is 0. The lowest BCUT2D eigenvalue weighted by molar-refractivity contribution is -0.828. The van der Waals surface area contributed by atoms with E-state index in [0.717, 1.165) is 0 Å². The van der Waals surface area contributed by atoms with Gasteiger partial charge in [0.2, 0.25) is 0 Å². The number of rotatable bonds is 6. The second-order valence-electron chi connectivity index (χ2n) is 0.489. The van der Waals surface area contributed by atoms with Gasteiger partial charge in [-0.25, -0.2) is 10.5 Å². The highest BCUT2D eigenvalue weighted by Gasteiger charge is 1.89. The molecule has 9 heteroatoms. The van der Waals surface area contributed by atoms with Gasteiger partial charge in [-0.3, -0.25) is 0 Å². The Morgan fingerprint density at radius 2 is 0.889 bits per heavy atom. The molecule has 0 spiro atoms. The van der Waals surface area contributed by atoms with Crippen LogP contribution in [0.25, 0.3) is 0 Å². The van der Waals surface area contributed by atoms with E-state index in [1.54, 1.807) is 0 Å². The molecule has 0 aromatic rings. The first kappa shape index (κ1) is 8.64. The Balaban J connectivity index is 2.60. The van der Waals surface area contributed by atoms with E-state index in [-0.39, 0.29) is 0 Å². The zero-order valence-electron chi connectivity index (χ0n) is 3.75. The van der Waals surface area contributed by atoms with Crippen molar-refractivity contribution in [1.29, 1.82) is 0 Å². The van der Waals surface area contributed by atoms with Crippen LogP contribution < -0.4 is 0 Å². The van der Waals surface area contributed by atoms with Gasteiger partial charge in [-0.2, -0.15) is 0 Å². The first-order valence-corrected chi connectivity index (χ1v) is 1.37. The summed E-state index contributed by atoms with van der Waals surface area (Å²) >= 11 is 0. The quantitative estimate of drug-likeness (QED) is 0.292. The Kier molecular flexibility index (Phi) is 7.33. The van der Waals surface area contributed by atoms with E-state index in [9.17, 15) is 0 Å². The van der Waals surface area contributed by atoms with Gasteiger partial charge in [0.1, 0.15) is 0 Å². The monoisotopic (exact) mass is 146 g/mol. The molecule has 56 valence electrons. The van der Waals surface area contributed by atoms with Gasteiger partial charge in [-0.15, -0.1) is 0 Å². The molecule has 9 nitrogen and oxygen atoms in total. The summed E-state index contributed by atoms with van der Waals surface area (Å²) in [6.45, 7) is 0. The van der Waals surface area contributed by atoms with Gasteiger partial charge in [-0.05, 0) is 35.3 Å². The molecule has 0 radical (unpaired) electrons. The molecule has 0 aromatic heterocycles. The summed E-state index contributed by atoms with van der Waals surface area (Å²) in [6.07, 6.45) is 0. The minimum Gasteiger partial charge on any atom is -0.219 e. The molecule has 0 aromatic carbocycles. The lowest BCUT2D eigenvalue weighted by atomic mass is 14.1. The van der Waals surface area contributed by atoms with Gasteiger partial charge in [-0.1, -0.05) is 0 Å². The molecule has 0 aliphatic heterocycles. The van der Waals surface area contributed by atoms with Crippen LogP contribution in [0.2, 0.25) is 0 Å². The van der Waals surface area contributed by atoms with Crippen LogP contribution in [0.15, 0.2) is 0 Å². The van der Waals surface area contributed by atoms with Gasteiger partial charge in [0.25, 0.3) is 0 Å². The van der Waals surface area contributed by atoms with Crippen LogP contribution in [-0.2, 0) is 35.3 Å². The Morgan fingerprint density at radius 1 is 0.556 bits per heavy atom. The Labute approximate surface area is 47.2 Å². The minimum atomic E-state index is 2.84. The zero-order chi connectivity index (χ0) is 6.95. The largest absolute Gasteiger partial charge is 0.219 e. The van der Waals surface area contributed by atoms with Crippen molar-refractivity contribution in [3.05, 3.63) is 0 Å². The average molecular weight is 146 g/mol. The third-order valence-corrected chi connectivity index (χ3v) is 0.172. The molecule has 0 bridgehead atoms. The van der Waals surface area contributed by atoms with Gasteiger partial charge >= 0.3 is 0 Å². The SMILES string of the molecule is OOOOOOOOO. The fraction of sp³-hybridized carbons (Fsp3) is 0. The Bertz CT molecular complexity index is 33.3. The highest BCUT2D eigenvalue weighted by Crippen LogP contribution is 1.83. The van der Waals surface area contributed by atoms with Crippen molar-refractivity contribution in [2.75, 3.05) is 0 Å². The maximum atomic E-state index is 7.32. The lowest BCUT2D eigenvalue weighted by Crippen LogP contribution is -1.98. The zero-order valence-corrected chi connectivity index (χ0v) is 3.75. The van der Waals surface area contributed by atoms with E-state index in [4.69, 9.17) is 10.5 Å². The Morgan fingerprint density at radius 3 is 1.22 bits per heavy atom. The first-order chi connectivity index (χ1) is 4.41. The van der Waals surface area contributed by atoms with Crippen molar-refractivity contribution in [2.45, 2.75) is 0 Å². The molecule has 0 saturated carbocycles. The topological polar surface area (TPSA) is 105 Å². The summed E-state index contributed by atoms with van der Waals surface area (Å²) < 4.78 is 0. The van der Waals surface area contributed by atoms with E-state index in [0.29, 0.717) is 0 Å². The number of hydrogen-bond donors (Lipinski definition) is 2. The summed E-state index contributed by atoms with van der Waals surface area (Å²) in [5.74, 6) is 0. The molecule has 0 aliphatic rings. The van der Waals surface area contributed by atoms with E-state index in [2.05, 4.69) is 35.3 Å². The summed E-state index contributed by atoms with van der Waals surface area (Å²) in [7, 11) is 0. The summed E-state index contributed by atoms with van der Waals surface area (Å²) in [5.41, 5.74) is 0. The predicted octanol–water partition coefficient (Wildman–Crippen LogP) is -0.461. The summed E-state index contributed by atoms with van der Waals surface area (Å²) in [4.78, 5) is 0. The molecule has 9 heavy (non-hydrogen) atoms. The molecular weight excluding hydrogens is 144 g/mol. The molecule has 0 atom stereocenters. The molecular formula is H2O9. The third-order valence-electron chi connectivity index (χ3n) is 0.172. The van der Waals surface area contributed by atoms with E-state index < -0.39 is 0 Å². The molecule has 0 amide bonds.